The Bertz CT molecular complexity index is 719. The van der Waals surface area contributed by atoms with Gasteiger partial charge in [0.15, 0.2) is 5.65 Å². The summed E-state index contributed by atoms with van der Waals surface area (Å²) < 4.78 is 13.5. The van der Waals surface area contributed by atoms with E-state index in [0.717, 1.165) is 23.1 Å². The van der Waals surface area contributed by atoms with Gasteiger partial charge in [-0.1, -0.05) is 0 Å². The number of hydrogen-bond acceptors (Lipinski definition) is 5. The second-order valence-electron chi connectivity index (χ2n) is 6.58. The van der Waals surface area contributed by atoms with E-state index in [0.29, 0.717) is 5.88 Å². The third kappa shape index (κ3) is 3.93. The molecule has 0 aliphatic heterocycles. The van der Waals surface area contributed by atoms with E-state index in [-0.39, 0.29) is 18.2 Å². The van der Waals surface area contributed by atoms with Gasteiger partial charge < -0.3 is 14.8 Å². The van der Waals surface area contributed by atoms with Gasteiger partial charge in [0, 0.05) is 24.9 Å². The molecule has 0 saturated heterocycles. The van der Waals surface area contributed by atoms with Gasteiger partial charge in [-0.2, -0.15) is 0 Å². The predicted molar refractivity (Wildman–Crippen MR) is 87.5 cm³/mol. The predicted octanol–water partition coefficient (Wildman–Crippen LogP) is 2.93. The zero-order chi connectivity index (χ0) is 16.6. The Labute approximate surface area is 142 Å². The summed E-state index contributed by atoms with van der Waals surface area (Å²) in [5.74, 6) is 0.539. The lowest BCUT2D eigenvalue weighted by atomic mass is 9.89. The normalized spacial score (nSPS) is 20.9. The number of fused-ring (bicyclic) bond motifs is 1. The van der Waals surface area contributed by atoms with Crippen LogP contribution in [0.4, 0.5) is 4.79 Å². The molecule has 0 radical (unpaired) electrons. The minimum Gasteiger partial charge on any atom is -0.473 e. The molecule has 2 aromatic rings. The van der Waals surface area contributed by atoms with E-state index in [1.54, 1.807) is 16.8 Å². The Kier molecular flexibility index (Phi) is 4.18. The molecular formula is C15H19BrN4O3. The lowest BCUT2D eigenvalue weighted by molar-refractivity contribution is 0.0352. The molecular weight excluding hydrogens is 364 g/mol. The Hall–Kier alpha value is -1.83. The van der Waals surface area contributed by atoms with Gasteiger partial charge in [-0.05, 0) is 42.8 Å². The van der Waals surface area contributed by atoms with Gasteiger partial charge >= 0.3 is 6.09 Å². The lowest BCUT2D eigenvalue weighted by Gasteiger charge is -2.35. The molecule has 0 bridgehead atoms. The molecule has 2 aromatic heterocycles. The summed E-state index contributed by atoms with van der Waals surface area (Å²) in [6, 6.07) is 3.73. The van der Waals surface area contributed by atoms with E-state index >= 15 is 0 Å². The number of aromatic nitrogens is 3. The Balaban J connectivity index is 1.49. The lowest BCUT2D eigenvalue weighted by Crippen LogP contribution is -2.50. The number of amides is 1. The number of rotatable bonds is 3. The molecule has 0 spiro atoms. The van der Waals surface area contributed by atoms with Crippen LogP contribution in [0.5, 0.6) is 5.88 Å². The quantitative estimate of drug-likeness (QED) is 0.882. The maximum atomic E-state index is 11.7. The third-order valence-corrected chi connectivity index (χ3v) is 3.94. The molecule has 1 aliphatic carbocycles. The molecule has 1 fully saturated rings. The molecule has 23 heavy (non-hydrogen) atoms. The van der Waals surface area contributed by atoms with Crippen LogP contribution in [-0.2, 0) is 4.74 Å². The summed E-state index contributed by atoms with van der Waals surface area (Å²) in [5.41, 5.74) is 0.267. The van der Waals surface area contributed by atoms with Gasteiger partial charge in [-0.3, -0.25) is 0 Å². The van der Waals surface area contributed by atoms with Crippen LogP contribution in [0.15, 0.2) is 22.9 Å². The number of hydrogen-bond donors (Lipinski definition) is 1. The zero-order valence-electron chi connectivity index (χ0n) is 13.2. The number of carbonyl (C=O) groups is 1. The first-order chi connectivity index (χ1) is 10.8. The van der Waals surface area contributed by atoms with Crippen molar-refractivity contribution in [1.29, 1.82) is 0 Å². The van der Waals surface area contributed by atoms with Crippen molar-refractivity contribution in [1.82, 2.24) is 19.9 Å². The van der Waals surface area contributed by atoms with Crippen molar-refractivity contribution < 1.29 is 14.3 Å². The molecule has 0 unspecified atom stereocenters. The summed E-state index contributed by atoms with van der Waals surface area (Å²) in [5, 5.41) is 7.20. The van der Waals surface area contributed by atoms with Crippen LogP contribution in [0, 0.1) is 0 Å². The summed E-state index contributed by atoms with van der Waals surface area (Å²) in [6.45, 7) is 5.53. The summed E-state index contributed by atoms with van der Waals surface area (Å²) in [7, 11) is 0. The van der Waals surface area contributed by atoms with Crippen LogP contribution in [0.2, 0.25) is 0 Å². The third-order valence-electron chi connectivity index (χ3n) is 3.40. The first kappa shape index (κ1) is 16.0. The second-order valence-corrected chi connectivity index (χ2v) is 7.39. The highest BCUT2D eigenvalue weighted by molar-refractivity contribution is 9.10. The molecule has 8 heteroatoms. The number of nitrogens with one attached hydrogen (secondary N) is 1. The summed E-state index contributed by atoms with van der Waals surface area (Å²) >= 11 is 3.38. The largest absolute Gasteiger partial charge is 0.473 e. The summed E-state index contributed by atoms with van der Waals surface area (Å²) in [6.07, 6.45) is 2.83. The van der Waals surface area contributed by atoms with Crippen LogP contribution in [0.1, 0.15) is 33.6 Å². The molecule has 1 aliphatic rings. The zero-order valence-corrected chi connectivity index (χ0v) is 14.8. The van der Waals surface area contributed by atoms with Crippen molar-refractivity contribution in [3.05, 3.63) is 22.9 Å². The molecule has 124 valence electrons. The first-order valence-corrected chi connectivity index (χ1v) is 8.26. The highest BCUT2D eigenvalue weighted by Gasteiger charge is 2.33. The van der Waals surface area contributed by atoms with Crippen LogP contribution in [0.25, 0.3) is 5.65 Å². The molecule has 2 heterocycles. The maximum Gasteiger partial charge on any atom is 0.407 e. The Morgan fingerprint density at radius 3 is 2.83 bits per heavy atom. The fourth-order valence-corrected chi connectivity index (χ4v) is 2.68. The SMILES string of the molecule is CC(C)(C)OC(=O)N[C@H]1C[C@H](Oc2ccc3ncc(Br)n3n2)C1. The van der Waals surface area contributed by atoms with Crippen molar-refractivity contribution >= 4 is 27.7 Å². The highest BCUT2D eigenvalue weighted by atomic mass is 79.9. The summed E-state index contributed by atoms with van der Waals surface area (Å²) in [4.78, 5) is 15.9. The number of imidazole rings is 1. The van der Waals surface area contributed by atoms with Crippen molar-refractivity contribution in [2.24, 2.45) is 0 Å². The fourth-order valence-electron chi connectivity index (χ4n) is 2.32. The molecule has 3 rings (SSSR count). The molecule has 1 saturated carbocycles. The maximum absolute atomic E-state index is 11.7. The van der Waals surface area contributed by atoms with E-state index in [4.69, 9.17) is 9.47 Å². The van der Waals surface area contributed by atoms with E-state index in [2.05, 4.69) is 31.3 Å². The first-order valence-electron chi connectivity index (χ1n) is 7.46. The average molecular weight is 383 g/mol. The van der Waals surface area contributed by atoms with Gasteiger partial charge in [0.1, 0.15) is 16.3 Å². The standard InChI is InChI=1S/C15H19BrN4O3/c1-15(2,3)23-14(21)18-9-6-10(7-9)22-13-5-4-12-17-8-11(16)20(12)19-13/h4-5,8-10H,6-7H2,1-3H3,(H,18,21)/t9-,10-. The van der Waals surface area contributed by atoms with Crippen LogP contribution < -0.4 is 10.1 Å². The van der Waals surface area contributed by atoms with Crippen molar-refractivity contribution in [3.8, 4) is 5.88 Å². The average Bonchev–Trinajstić information content (AvgIpc) is 2.76. The topological polar surface area (TPSA) is 77.8 Å². The molecule has 1 amide bonds. The molecule has 0 aromatic carbocycles. The van der Waals surface area contributed by atoms with Gasteiger partial charge in [-0.15, -0.1) is 5.10 Å². The van der Waals surface area contributed by atoms with E-state index in [9.17, 15) is 4.79 Å². The van der Waals surface area contributed by atoms with Gasteiger partial charge in [0.2, 0.25) is 5.88 Å². The van der Waals surface area contributed by atoms with Crippen LogP contribution in [-0.4, -0.2) is 38.4 Å². The number of carbonyl (C=O) groups excluding carboxylic acids is 1. The van der Waals surface area contributed by atoms with Crippen molar-refractivity contribution in [2.75, 3.05) is 0 Å². The number of alkyl carbamates (subject to hydrolysis) is 1. The van der Waals surface area contributed by atoms with Gasteiger partial charge in [0.25, 0.3) is 0 Å². The van der Waals surface area contributed by atoms with Gasteiger partial charge in [0.05, 0.1) is 6.20 Å². The van der Waals surface area contributed by atoms with E-state index in [1.807, 2.05) is 26.8 Å². The van der Waals surface area contributed by atoms with E-state index < -0.39 is 5.60 Å². The van der Waals surface area contributed by atoms with Crippen molar-refractivity contribution in [2.45, 2.75) is 51.4 Å². The van der Waals surface area contributed by atoms with Crippen molar-refractivity contribution in [3.63, 3.8) is 0 Å². The monoisotopic (exact) mass is 382 g/mol. The van der Waals surface area contributed by atoms with Crippen LogP contribution in [0.3, 0.4) is 0 Å². The van der Waals surface area contributed by atoms with Crippen LogP contribution >= 0.6 is 15.9 Å². The minimum absolute atomic E-state index is 0.0437. The number of ether oxygens (including phenoxy) is 2. The molecule has 1 N–H and O–H groups in total. The van der Waals surface area contributed by atoms with Gasteiger partial charge in [-0.25, -0.2) is 14.3 Å². The smallest absolute Gasteiger partial charge is 0.407 e. The highest BCUT2D eigenvalue weighted by Crippen LogP contribution is 2.26. The van der Waals surface area contributed by atoms with E-state index in [1.165, 1.54) is 0 Å². The number of nitrogens with zero attached hydrogens (tertiary/aromatic N) is 3. The second kappa shape index (κ2) is 5.99. The number of halogens is 1. The Morgan fingerprint density at radius 1 is 1.39 bits per heavy atom. The minimum atomic E-state index is -0.485. The molecule has 7 nitrogen and oxygen atoms in total. The fraction of sp³-hybridized carbons (Fsp3) is 0.533. The Morgan fingerprint density at radius 2 is 2.13 bits per heavy atom. The molecule has 0 atom stereocenters.